The molecule has 1 saturated heterocycles. The van der Waals surface area contributed by atoms with Gasteiger partial charge in [-0.15, -0.1) is 0 Å². The van der Waals surface area contributed by atoms with Crippen LogP contribution in [0.25, 0.3) is 0 Å². The van der Waals surface area contributed by atoms with Gasteiger partial charge in [0.1, 0.15) is 4.75 Å². The maximum absolute atomic E-state index is 10.9. The molecule has 0 aromatic heterocycles. The van der Waals surface area contributed by atoms with Crippen molar-refractivity contribution in [3.8, 4) is 0 Å². The first-order valence-corrected chi connectivity index (χ1v) is 6.07. The lowest BCUT2D eigenvalue weighted by molar-refractivity contribution is -0.140. The second-order valence-corrected chi connectivity index (χ2v) is 5.46. The summed E-state index contributed by atoms with van der Waals surface area (Å²) in [5.41, 5.74) is 0. The molecule has 1 aliphatic rings. The number of carboxylic acids is 1. The number of hydrogen-bond donors (Lipinski definition) is 1. The minimum atomic E-state index is -0.641. The summed E-state index contributed by atoms with van der Waals surface area (Å²) < 4.78 is -0.483. The fourth-order valence-electron chi connectivity index (χ4n) is 1.14. The summed E-state index contributed by atoms with van der Waals surface area (Å²) in [6.07, 6.45) is 2.61. The SMILES string of the molecule is CCC1(C(=O)O)CCCSS1. The monoisotopic (exact) mass is 192 g/mol. The van der Waals surface area contributed by atoms with Crippen molar-refractivity contribution >= 4 is 27.6 Å². The molecule has 0 bridgehead atoms. The first kappa shape index (κ1) is 9.26. The van der Waals surface area contributed by atoms with E-state index in [1.165, 1.54) is 10.8 Å². The van der Waals surface area contributed by atoms with Crippen molar-refractivity contribution < 1.29 is 9.90 Å². The number of rotatable bonds is 2. The van der Waals surface area contributed by atoms with E-state index in [1.807, 2.05) is 6.92 Å². The van der Waals surface area contributed by atoms with Crippen molar-refractivity contribution in [2.75, 3.05) is 5.75 Å². The Bertz CT molecular complexity index is 153. The summed E-state index contributed by atoms with van der Waals surface area (Å²) in [5, 5.41) is 8.95. The summed E-state index contributed by atoms with van der Waals surface area (Å²) in [4.78, 5) is 10.9. The van der Waals surface area contributed by atoms with Crippen LogP contribution in [0.5, 0.6) is 0 Å². The quantitative estimate of drug-likeness (QED) is 0.682. The number of hydrogen-bond acceptors (Lipinski definition) is 3. The fourth-order valence-corrected chi connectivity index (χ4v) is 4.23. The third-order valence-electron chi connectivity index (χ3n) is 1.99. The molecule has 0 saturated carbocycles. The van der Waals surface area contributed by atoms with Gasteiger partial charge in [-0.3, -0.25) is 4.79 Å². The van der Waals surface area contributed by atoms with Crippen LogP contribution in [0.15, 0.2) is 0 Å². The molecule has 1 fully saturated rings. The van der Waals surface area contributed by atoms with Gasteiger partial charge in [0.15, 0.2) is 0 Å². The Hall–Kier alpha value is 0.170. The molecule has 64 valence electrons. The van der Waals surface area contributed by atoms with Crippen molar-refractivity contribution in [1.29, 1.82) is 0 Å². The molecular weight excluding hydrogens is 180 g/mol. The standard InChI is InChI=1S/C7H12O2S2/c1-2-7(6(8)9)4-3-5-10-11-7/h2-5H2,1H3,(H,8,9). The van der Waals surface area contributed by atoms with E-state index in [0.29, 0.717) is 0 Å². The van der Waals surface area contributed by atoms with E-state index < -0.39 is 10.7 Å². The van der Waals surface area contributed by atoms with Crippen molar-refractivity contribution in [3.05, 3.63) is 0 Å². The topological polar surface area (TPSA) is 37.3 Å². The van der Waals surface area contributed by atoms with Crippen LogP contribution >= 0.6 is 21.6 Å². The minimum absolute atomic E-state index is 0.483. The largest absolute Gasteiger partial charge is 0.480 e. The second kappa shape index (κ2) is 3.72. The Kier molecular flexibility index (Phi) is 3.13. The number of aliphatic carboxylic acids is 1. The zero-order valence-electron chi connectivity index (χ0n) is 6.50. The molecule has 1 unspecified atom stereocenters. The lowest BCUT2D eigenvalue weighted by Gasteiger charge is -2.30. The van der Waals surface area contributed by atoms with Gasteiger partial charge in [-0.1, -0.05) is 28.5 Å². The van der Waals surface area contributed by atoms with Gasteiger partial charge in [-0.25, -0.2) is 0 Å². The molecule has 0 aromatic carbocycles. The molecule has 0 aliphatic carbocycles. The van der Waals surface area contributed by atoms with Gasteiger partial charge in [0.25, 0.3) is 0 Å². The minimum Gasteiger partial charge on any atom is -0.480 e. The first-order chi connectivity index (χ1) is 5.21. The van der Waals surface area contributed by atoms with Gasteiger partial charge in [0.2, 0.25) is 0 Å². The van der Waals surface area contributed by atoms with Crippen molar-refractivity contribution in [3.63, 3.8) is 0 Å². The fraction of sp³-hybridized carbons (Fsp3) is 0.857. The van der Waals surface area contributed by atoms with Crippen LogP contribution in [-0.4, -0.2) is 21.6 Å². The lowest BCUT2D eigenvalue weighted by Crippen LogP contribution is -2.35. The van der Waals surface area contributed by atoms with E-state index >= 15 is 0 Å². The Morgan fingerprint density at radius 3 is 2.73 bits per heavy atom. The average Bonchev–Trinajstić information content (AvgIpc) is 2.05. The van der Waals surface area contributed by atoms with Crippen LogP contribution < -0.4 is 0 Å². The van der Waals surface area contributed by atoms with Crippen LogP contribution in [0.1, 0.15) is 26.2 Å². The molecule has 11 heavy (non-hydrogen) atoms. The summed E-state index contributed by atoms with van der Waals surface area (Å²) in [6.45, 7) is 1.95. The van der Waals surface area contributed by atoms with Crippen molar-refractivity contribution in [2.24, 2.45) is 0 Å². The summed E-state index contributed by atoms with van der Waals surface area (Å²) in [7, 11) is 3.23. The molecule has 0 spiro atoms. The Morgan fingerprint density at radius 2 is 2.45 bits per heavy atom. The Balaban J connectivity index is 2.64. The summed E-state index contributed by atoms with van der Waals surface area (Å²) >= 11 is 0. The van der Waals surface area contributed by atoms with Gasteiger partial charge in [-0.05, 0) is 19.3 Å². The highest BCUT2D eigenvalue weighted by molar-refractivity contribution is 8.77. The van der Waals surface area contributed by atoms with Crippen LogP contribution in [0.2, 0.25) is 0 Å². The highest BCUT2D eigenvalue weighted by Gasteiger charge is 2.39. The smallest absolute Gasteiger partial charge is 0.320 e. The zero-order chi connectivity index (χ0) is 8.32. The Morgan fingerprint density at radius 1 is 1.73 bits per heavy atom. The molecule has 1 N–H and O–H groups in total. The van der Waals surface area contributed by atoms with Crippen LogP contribution in [0.3, 0.4) is 0 Å². The molecule has 0 radical (unpaired) electrons. The van der Waals surface area contributed by atoms with Crippen LogP contribution in [-0.2, 0) is 4.79 Å². The van der Waals surface area contributed by atoms with E-state index in [9.17, 15) is 4.79 Å². The van der Waals surface area contributed by atoms with Gasteiger partial charge in [0.05, 0.1) is 0 Å². The molecule has 0 amide bonds. The molecule has 1 rings (SSSR count). The second-order valence-electron chi connectivity index (χ2n) is 2.66. The third-order valence-corrected chi connectivity index (χ3v) is 5.36. The van der Waals surface area contributed by atoms with Crippen LogP contribution in [0, 0.1) is 0 Å². The maximum Gasteiger partial charge on any atom is 0.320 e. The normalized spacial score (nSPS) is 31.7. The lowest BCUT2D eigenvalue weighted by atomic mass is 10.00. The number of carboxylic acid groups (broad SMARTS) is 1. The van der Waals surface area contributed by atoms with E-state index in [1.54, 1.807) is 10.8 Å². The van der Waals surface area contributed by atoms with E-state index in [2.05, 4.69) is 0 Å². The van der Waals surface area contributed by atoms with Gasteiger partial charge >= 0.3 is 5.97 Å². The van der Waals surface area contributed by atoms with E-state index in [4.69, 9.17) is 5.11 Å². The van der Waals surface area contributed by atoms with Gasteiger partial charge in [0, 0.05) is 5.75 Å². The summed E-state index contributed by atoms with van der Waals surface area (Å²) in [5.74, 6) is 0.455. The zero-order valence-corrected chi connectivity index (χ0v) is 8.13. The number of carbonyl (C=O) groups is 1. The highest BCUT2D eigenvalue weighted by atomic mass is 33.1. The van der Waals surface area contributed by atoms with Crippen molar-refractivity contribution in [1.82, 2.24) is 0 Å². The van der Waals surface area contributed by atoms with Gasteiger partial charge < -0.3 is 5.11 Å². The molecule has 1 heterocycles. The van der Waals surface area contributed by atoms with Crippen LogP contribution in [0.4, 0.5) is 0 Å². The van der Waals surface area contributed by atoms with Gasteiger partial charge in [-0.2, -0.15) is 0 Å². The molecule has 1 atom stereocenters. The predicted octanol–water partition coefficient (Wildman–Crippen LogP) is 2.40. The molecule has 2 nitrogen and oxygen atoms in total. The van der Waals surface area contributed by atoms with Crippen molar-refractivity contribution in [2.45, 2.75) is 30.9 Å². The van der Waals surface area contributed by atoms with E-state index in [0.717, 1.165) is 25.0 Å². The first-order valence-electron chi connectivity index (χ1n) is 3.75. The predicted molar refractivity (Wildman–Crippen MR) is 49.9 cm³/mol. The van der Waals surface area contributed by atoms with E-state index in [-0.39, 0.29) is 0 Å². The summed E-state index contributed by atoms with van der Waals surface area (Å²) in [6, 6.07) is 0. The molecule has 4 heteroatoms. The average molecular weight is 192 g/mol. The Labute approximate surface area is 74.5 Å². The molecular formula is C7H12O2S2. The molecule has 1 aliphatic heterocycles. The maximum atomic E-state index is 10.9. The highest BCUT2D eigenvalue weighted by Crippen LogP contribution is 2.46. The third kappa shape index (κ3) is 1.85. The molecule has 0 aromatic rings.